The smallest absolute Gasteiger partial charge is 0.276 e. The molecule has 2 N–H and O–H groups in total. The first kappa shape index (κ1) is 22.5. The summed E-state index contributed by atoms with van der Waals surface area (Å²) in [6.07, 6.45) is 4.04. The Morgan fingerprint density at radius 2 is 1.70 bits per heavy atom. The number of Topliss-reactive ketones (excluding diaryl/α,β-unsaturated/α-hetero) is 1. The maximum absolute atomic E-state index is 13.0. The van der Waals surface area contributed by atoms with E-state index in [1.807, 2.05) is 36.4 Å². The van der Waals surface area contributed by atoms with Crippen LogP contribution in [0.3, 0.4) is 0 Å². The Bertz CT molecular complexity index is 1170. The zero-order valence-corrected chi connectivity index (χ0v) is 18.7. The number of allylic oxidation sites excluding steroid dienone is 2. The van der Waals surface area contributed by atoms with Crippen molar-refractivity contribution in [2.24, 2.45) is 0 Å². The summed E-state index contributed by atoms with van der Waals surface area (Å²) < 4.78 is 5.68. The fraction of sp³-hybridized carbons (Fsp3) is 0.200. The summed E-state index contributed by atoms with van der Waals surface area (Å²) in [5, 5.41) is 9.20. The SMILES string of the molecule is O=C(Nc1ccccc1)c1n[nH]c2c1C(=O)C(SCCCCCOc1ccccc1)=CC2=O. The number of aromatic amines is 1. The molecule has 0 bridgehead atoms. The lowest BCUT2D eigenvalue weighted by Gasteiger charge is -2.12. The lowest BCUT2D eigenvalue weighted by atomic mass is 9.99. The fourth-order valence-corrected chi connectivity index (χ4v) is 4.37. The molecule has 0 aliphatic heterocycles. The average Bonchev–Trinajstić information content (AvgIpc) is 3.29. The molecule has 1 aromatic heterocycles. The number of aromatic nitrogens is 2. The Balaban J connectivity index is 1.29. The van der Waals surface area contributed by atoms with E-state index in [-0.39, 0.29) is 28.5 Å². The van der Waals surface area contributed by atoms with E-state index in [4.69, 9.17) is 4.74 Å². The van der Waals surface area contributed by atoms with Crippen LogP contribution in [0.25, 0.3) is 0 Å². The number of carbonyl (C=O) groups is 3. The number of rotatable bonds is 10. The third kappa shape index (κ3) is 5.59. The number of anilines is 1. The summed E-state index contributed by atoms with van der Waals surface area (Å²) in [5.41, 5.74) is 0.599. The average molecular weight is 462 g/mol. The number of amides is 1. The Labute approximate surface area is 195 Å². The van der Waals surface area contributed by atoms with Gasteiger partial charge in [0.05, 0.1) is 17.1 Å². The Kier molecular flexibility index (Phi) is 7.36. The van der Waals surface area contributed by atoms with Crippen molar-refractivity contribution in [1.29, 1.82) is 0 Å². The third-order valence-electron chi connectivity index (χ3n) is 5.03. The molecule has 8 heteroatoms. The fourth-order valence-electron chi connectivity index (χ4n) is 3.37. The largest absolute Gasteiger partial charge is 0.494 e. The minimum atomic E-state index is -0.537. The van der Waals surface area contributed by atoms with Crippen molar-refractivity contribution in [1.82, 2.24) is 10.2 Å². The number of hydrogen-bond acceptors (Lipinski definition) is 6. The number of unbranched alkanes of at least 4 members (excludes halogenated alkanes) is 2. The Hall–Kier alpha value is -3.65. The molecular weight excluding hydrogens is 438 g/mol. The first-order valence-corrected chi connectivity index (χ1v) is 11.7. The van der Waals surface area contributed by atoms with Gasteiger partial charge in [-0.15, -0.1) is 11.8 Å². The second kappa shape index (κ2) is 10.8. The second-order valence-electron chi connectivity index (χ2n) is 7.41. The van der Waals surface area contributed by atoms with Crippen LogP contribution in [0.1, 0.15) is 50.6 Å². The highest BCUT2D eigenvalue weighted by Crippen LogP contribution is 2.30. The van der Waals surface area contributed by atoms with E-state index in [0.717, 1.165) is 25.0 Å². The van der Waals surface area contributed by atoms with Crippen molar-refractivity contribution in [2.75, 3.05) is 17.7 Å². The van der Waals surface area contributed by atoms with E-state index in [0.29, 0.717) is 23.0 Å². The van der Waals surface area contributed by atoms with Crippen molar-refractivity contribution < 1.29 is 19.1 Å². The molecule has 1 amide bonds. The summed E-state index contributed by atoms with van der Waals surface area (Å²) in [6.45, 7) is 0.632. The molecule has 168 valence electrons. The number of carbonyl (C=O) groups excluding carboxylic acids is 3. The zero-order chi connectivity index (χ0) is 23.0. The molecule has 0 saturated heterocycles. The number of benzene rings is 2. The number of para-hydroxylation sites is 2. The van der Waals surface area contributed by atoms with E-state index in [2.05, 4.69) is 15.5 Å². The van der Waals surface area contributed by atoms with Gasteiger partial charge in [0.25, 0.3) is 5.91 Å². The van der Waals surface area contributed by atoms with Crippen LogP contribution in [-0.2, 0) is 0 Å². The molecule has 4 rings (SSSR count). The molecule has 1 aliphatic carbocycles. The summed E-state index contributed by atoms with van der Waals surface area (Å²) in [4.78, 5) is 38.5. The van der Waals surface area contributed by atoms with Crippen molar-refractivity contribution in [3.05, 3.63) is 88.6 Å². The zero-order valence-electron chi connectivity index (χ0n) is 17.9. The van der Waals surface area contributed by atoms with Crippen LogP contribution in [-0.4, -0.2) is 40.0 Å². The van der Waals surface area contributed by atoms with E-state index in [9.17, 15) is 14.4 Å². The number of ether oxygens (including phenoxy) is 1. The van der Waals surface area contributed by atoms with Crippen LogP contribution in [0.15, 0.2) is 71.6 Å². The van der Waals surface area contributed by atoms with Gasteiger partial charge in [0.1, 0.15) is 11.4 Å². The van der Waals surface area contributed by atoms with Gasteiger partial charge in [-0.1, -0.05) is 36.4 Å². The normalized spacial score (nSPS) is 12.8. The van der Waals surface area contributed by atoms with Crippen LogP contribution >= 0.6 is 11.8 Å². The van der Waals surface area contributed by atoms with Crippen LogP contribution in [0.4, 0.5) is 5.69 Å². The molecule has 0 spiro atoms. The molecule has 1 heterocycles. The highest BCUT2D eigenvalue weighted by molar-refractivity contribution is 8.04. The topological polar surface area (TPSA) is 101 Å². The van der Waals surface area contributed by atoms with Crippen molar-refractivity contribution in [3.8, 4) is 5.75 Å². The summed E-state index contributed by atoms with van der Waals surface area (Å²) >= 11 is 1.33. The van der Waals surface area contributed by atoms with Crippen molar-refractivity contribution in [3.63, 3.8) is 0 Å². The predicted octanol–water partition coefficient (Wildman–Crippen LogP) is 4.91. The monoisotopic (exact) mass is 461 g/mol. The number of H-pyrrole nitrogens is 1. The molecular formula is C25H23N3O4S. The quantitative estimate of drug-likeness (QED) is 0.416. The van der Waals surface area contributed by atoms with Crippen LogP contribution < -0.4 is 10.1 Å². The minimum Gasteiger partial charge on any atom is -0.494 e. The van der Waals surface area contributed by atoms with Gasteiger partial charge < -0.3 is 10.1 Å². The lowest BCUT2D eigenvalue weighted by Crippen LogP contribution is -2.20. The molecule has 0 fully saturated rings. The lowest BCUT2D eigenvalue weighted by molar-refractivity contribution is 0.0979. The molecule has 0 atom stereocenters. The number of hydrogen-bond donors (Lipinski definition) is 2. The highest BCUT2D eigenvalue weighted by Gasteiger charge is 2.33. The summed E-state index contributed by atoms with van der Waals surface area (Å²) in [7, 11) is 0. The number of nitrogens with one attached hydrogen (secondary N) is 2. The Morgan fingerprint density at radius 3 is 2.45 bits per heavy atom. The molecule has 2 aromatic carbocycles. The first-order chi connectivity index (χ1) is 16.1. The molecule has 0 saturated carbocycles. The molecule has 33 heavy (non-hydrogen) atoms. The number of thioether (sulfide) groups is 1. The van der Waals surface area contributed by atoms with Gasteiger partial charge in [0, 0.05) is 11.8 Å². The van der Waals surface area contributed by atoms with Gasteiger partial charge in [-0.05, 0) is 49.3 Å². The van der Waals surface area contributed by atoms with Gasteiger partial charge in [-0.25, -0.2) is 0 Å². The predicted molar refractivity (Wildman–Crippen MR) is 128 cm³/mol. The molecule has 7 nitrogen and oxygen atoms in total. The molecule has 3 aromatic rings. The first-order valence-electron chi connectivity index (χ1n) is 10.7. The molecule has 1 aliphatic rings. The van der Waals surface area contributed by atoms with E-state index in [1.165, 1.54) is 17.8 Å². The molecule has 0 unspecified atom stereocenters. The summed E-state index contributed by atoms with van der Waals surface area (Å²) in [6, 6.07) is 18.5. The molecule has 0 radical (unpaired) electrons. The van der Waals surface area contributed by atoms with E-state index >= 15 is 0 Å². The summed E-state index contributed by atoms with van der Waals surface area (Å²) in [5.74, 6) is 0.300. The highest BCUT2D eigenvalue weighted by atomic mass is 32.2. The van der Waals surface area contributed by atoms with Crippen LogP contribution in [0.5, 0.6) is 5.75 Å². The second-order valence-corrected chi connectivity index (χ2v) is 8.55. The van der Waals surface area contributed by atoms with Crippen LogP contribution in [0.2, 0.25) is 0 Å². The minimum absolute atomic E-state index is 0.0368. The van der Waals surface area contributed by atoms with Gasteiger partial charge in [-0.3, -0.25) is 19.5 Å². The maximum Gasteiger partial charge on any atom is 0.276 e. The van der Waals surface area contributed by atoms with Gasteiger partial charge >= 0.3 is 0 Å². The van der Waals surface area contributed by atoms with Crippen molar-refractivity contribution >= 4 is 34.9 Å². The standard InChI is InChI=1S/C25H23N3O4S/c29-19-16-20(33-15-9-3-8-14-32-18-12-6-2-7-13-18)24(30)21-22(19)27-28-23(21)25(31)26-17-10-4-1-5-11-17/h1-2,4-7,10-13,16H,3,8-9,14-15H2,(H,26,31)(H,27,28). The van der Waals surface area contributed by atoms with Gasteiger partial charge in [0.2, 0.25) is 11.6 Å². The van der Waals surface area contributed by atoms with Gasteiger partial charge in [-0.2, -0.15) is 5.10 Å². The van der Waals surface area contributed by atoms with E-state index in [1.54, 1.807) is 24.3 Å². The number of fused-ring (bicyclic) bond motifs is 1. The Morgan fingerprint density at radius 1 is 0.970 bits per heavy atom. The maximum atomic E-state index is 13.0. The van der Waals surface area contributed by atoms with Gasteiger partial charge in [0.15, 0.2) is 5.69 Å². The van der Waals surface area contributed by atoms with E-state index < -0.39 is 5.91 Å². The number of ketones is 2. The van der Waals surface area contributed by atoms with Crippen molar-refractivity contribution in [2.45, 2.75) is 19.3 Å². The third-order valence-corrected chi connectivity index (χ3v) is 6.14. The van der Waals surface area contributed by atoms with Crippen LogP contribution in [0, 0.1) is 0 Å². The number of nitrogens with zero attached hydrogens (tertiary/aromatic N) is 1.